The maximum atomic E-state index is 12.9. The summed E-state index contributed by atoms with van der Waals surface area (Å²) in [5.74, 6) is 3.00. The third-order valence-corrected chi connectivity index (χ3v) is 5.57. The predicted molar refractivity (Wildman–Crippen MR) is 120 cm³/mol. The highest BCUT2D eigenvalue weighted by atomic mass is 16.5. The van der Waals surface area contributed by atoms with Crippen molar-refractivity contribution in [3.05, 3.63) is 78.5 Å². The van der Waals surface area contributed by atoms with Crippen LogP contribution in [-0.4, -0.2) is 42.0 Å². The summed E-state index contributed by atoms with van der Waals surface area (Å²) in [6.07, 6.45) is 2.54. The lowest BCUT2D eigenvalue weighted by molar-refractivity contribution is 0.0643. The highest BCUT2D eigenvalue weighted by Gasteiger charge is 2.28. The summed E-state index contributed by atoms with van der Waals surface area (Å²) in [6.45, 7) is 4.04. The van der Waals surface area contributed by atoms with Gasteiger partial charge in [0.1, 0.15) is 17.2 Å². The lowest BCUT2D eigenvalue weighted by atomic mass is 9.93. The smallest absolute Gasteiger partial charge is 0.255 e. The molecular weight excluding hydrogens is 390 g/mol. The first-order chi connectivity index (χ1) is 15.1. The van der Waals surface area contributed by atoms with E-state index in [1.54, 1.807) is 18.3 Å². The van der Waals surface area contributed by atoms with Crippen LogP contribution in [0.2, 0.25) is 0 Å². The van der Waals surface area contributed by atoms with Crippen LogP contribution in [0.4, 0.5) is 0 Å². The van der Waals surface area contributed by atoms with E-state index in [2.05, 4.69) is 17.2 Å². The molecule has 6 nitrogen and oxygen atoms in total. The second-order valence-electron chi connectivity index (χ2n) is 7.83. The molecule has 0 bridgehead atoms. The summed E-state index contributed by atoms with van der Waals surface area (Å²) < 4.78 is 11.6. The second-order valence-corrected chi connectivity index (χ2v) is 7.83. The summed E-state index contributed by atoms with van der Waals surface area (Å²) >= 11 is 0. The van der Waals surface area contributed by atoms with E-state index in [0.717, 1.165) is 31.0 Å². The molecule has 0 saturated carbocycles. The maximum absolute atomic E-state index is 12.9. The number of carbonyl (C=O) groups excluding carboxylic acids is 1. The van der Waals surface area contributed by atoms with Gasteiger partial charge in [0.25, 0.3) is 5.91 Å². The summed E-state index contributed by atoms with van der Waals surface area (Å²) in [6, 6.07) is 20.7. The molecule has 2 aromatic carbocycles. The molecule has 1 fully saturated rings. The third-order valence-electron chi connectivity index (χ3n) is 5.57. The van der Waals surface area contributed by atoms with Crippen molar-refractivity contribution in [2.75, 3.05) is 20.1 Å². The van der Waals surface area contributed by atoms with E-state index in [-0.39, 0.29) is 11.9 Å². The molecule has 3 aromatic rings. The molecule has 4 rings (SSSR count). The summed E-state index contributed by atoms with van der Waals surface area (Å²) in [4.78, 5) is 19.0. The molecule has 1 saturated heterocycles. The Balaban J connectivity index is 1.36. The Morgan fingerprint density at radius 1 is 0.968 bits per heavy atom. The van der Waals surface area contributed by atoms with Gasteiger partial charge in [-0.05, 0) is 67.9 Å². The number of aromatic nitrogens is 1. The predicted octanol–water partition coefficient (Wildman–Crippen LogP) is 4.74. The van der Waals surface area contributed by atoms with Gasteiger partial charge in [-0.1, -0.05) is 25.1 Å². The standard InChI is InChI=1S/C25H27N3O3/c1-18-16-26-15-14-23(18)28(2)25(29)19-8-13-24(27-17-19)31-22-11-9-21(10-12-22)30-20-6-4-3-5-7-20/h3-13,17-18,23,26H,14-16H2,1-2H3. The molecule has 1 N–H and O–H groups in total. The molecule has 1 aromatic heterocycles. The highest BCUT2D eigenvalue weighted by Crippen LogP contribution is 2.26. The molecule has 2 atom stereocenters. The number of nitrogens with one attached hydrogen (secondary N) is 1. The number of hydrogen-bond acceptors (Lipinski definition) is 5. The molecule has 1 amide bonds. The van der Waals surface area contributed by atoms with Crippen molar-refractivity contribution >= 4 is 5.91 Å². The topological polar surface area (TPSA) is 63.7 Å². The monoisotopic (exact) mass is 417 g/mol. The first kappa shape index (κ1) is 20.9. The van der Waals surface area contributed by atoms with Crippen LogP contribution >= 0.6 is 0 Å². The van der Waals surface area contributed by atoms with Crippen LogP contribution < -0.4 is 14.8 Å². The van der Waals surface area contributed by atoms with E-state index in [4.69, 9.17) is 9.47 Å². The molecule has 6 heteroatoms. The minimum absolute atomic E-state index is 0.0137. The van der Waals surface area contributed by atoms with Crippen molar-refractivity contribution in [3.63, 3.8) is 0 Å². The SMILES string of the molecule is CC1CNCCC1N(C)C(=O)c1ccc(Oc2ccc(Oc3ccccc3)cc2)nc1. The average Bonchev–Trinajstić information content (AvgIpc) is 2.81. The van der Waals surface area contributed by atoms with Crippen molar-refractivity contribution in [2.24, 2.45) is 5.92 Å². The average molecular weight is 418 g/mol. The lowest BCUT2D eigenvalue weighted by Gasteiger charge is -2.36. The fourth-order valence-electron chi connectivity index (χ4n) is 3.82. The number of ether oxygens (including phenoxy) is 2. The van der Waals surface area contributed by atoms with Gasteiger partial charge in [0.05, 0.1) is 5.56 Å². The van der Waals surface area contributed by atoms with E-state index in [0.29, 0.717) is 23.1 Å². The fraction of sp³-hybridized carbons (Fsp3) is 0.280. The molecule has 0 spiro atoms. The van der Waals surface area contributed by atoms with Crippen LogP contribution in [-0.2, 0) is 0 Å². The number of hydrogen-bond donors (Lipinski definition) is 1. The third kappa shape index (κ3) is 5.22. The highest BCUT2D eigenvalue weighted by molar-refractivity contribution is 5.94. The molecule has 2 heterocycles. The van der Waals surface area contributed by atoms with Crippen LogP contribution in [0.1, 0.15) is 23.7 Å². The second kappa shape index (κ2) is 9.62. The summed E-state index contributed by atoms with van der Waals surface area (Å²) in [7, 11) is 1.87. The normalized spacial score (nSPS) is 18.3. The van der Waals surface area contributed by atoms with Crippen LogP contribution in [0.3, 0.4) is 0 Å². The zero-order valence-corrected chi connectivity index (χ0v) is 17.8. The first-order valence-electron chi connectivity index (χ1n) is 10.5. The molecular formula is C25H27N3O3. The molecule has 0 aliphatic carbocycles. The van der Waals surface area contributed by atoms with Gasteiger partial charge in [0, 0.05) is 25.4 Å². The molecule has 2 unspecified atom stereocenters. The van der Waals surface area contributed by atoms with E-state index in [9.17, 15) is 4.79 Å². The summed E-state index contributed by atoms with van der Waals surface area (Å²) in [5.41, 5.74) is 0.562. The zero-order valence-electron chi connectivity index (χ0n) is 17.8. The van der Waals surface area contributed by atoms with Gasteiger partial charge in [-0.2, -0.15) is 0 Å². The largest absolute Gasteiger partial charge is 0.457 e. The number of para-hydroxylation sites is 1. The van der Waals surface area contributed by atoms with Gasteiger partial charge in [-0.25, -0.2) is 4.98 Å². The van der Waals surface area contributed by atoms with Crippen LogP contribution in [0.25, 0.3) is 0 Å². The van der Waals surface area contributed by atoms with Crippen LogP contribution in [0.5, 0.6) is 23.1 Å². The van der Waals surface area contributed by atoms with Gasteiger partial charge in [0.2, 0.25) is 5.88 Å². The zero-order chi connectivity index (χ0) is 21.6. The van der Waals surface area contributed by atoms with Crippen molar-refractivity contribution in [1.82, 2.24) is 15.2 Å². The quantitative estimate of drug-likeness (QED) is 0.628. The van der Waals surface area contributed by atoms with Gasteiger partial charge in [-0.3, -0.25) is 4.79 Å². The Hall–Kier alpha value is -3.38. The van der Waals surface area contributed by atoms with Crippen molar-refractivity contribution in [3.8, 4) is 23.1 Å². The molecule has 1 aliphatic rings. The van der Waals surface area contributed by atoms with E-state index < -0.39 is 0 Å². The number of rotatable bonds is 6. The number of amides is 1. The molecule has 0 radical (unpaired) electrons. The minimum atomic E-state index is -0.0137. The van der Waals surface area contributed by atoms with Gasteiger partial charge >= 0.3 is 0 Å². The minimum Gasteiger partial charge on any atom is -0.457 e. The fourth-order valence-corrected chi connectivity index (χ4v) is 3.82. The van der Waals surface area contributed by atoms with Crippen LogP contribution in [0, 0.1) is 5.92 Å². The van der Waals surface area contributed by atoms with E-state index in [1.807, 2.05) is 66.5 Å². The van der Waals surface area contributed by atoms with Gasteiger partial charge < -0.3 is 19.7 Å². The van der Waals surface area contributed by atoms with Crippen molar-refractivity contribution < 1.29 is 14.3 Å². The Morgan fingerprint density at radius 3 is 2.29 bits per heavy atom. The Labute approximate surface area is 182 Å². The number of benzene rings is 2. The van der Waals surface area contributed by atoms with E-state index in [1.165, 1.54) is 0 Å². The molecule has 31 heavy (non-hydrogen) atoms. The maximum Gasteiger partial charge on any atom is 0.255 e. The van der Waals surface area contributed by atoms with Crippen molar-refractivity contribution in [2.45, 2.75) is 19.4 Å². The lowest BCUT2D eigenvalue weighted by Crippen LogP contribution is -2.49. The Morgan fingerprint density at radius 2 is 1.65 bits per heavy atom. The number of piperidine rings is 1. The van der Waals surface area contributed by atoms with Gasteiger partial charge in [-0.15, -0.1) is 0 Å². The Kier molecular flexibility index (Phi) is 6.48. The number of carbonyl (C=O) groups is 1. The number of pyridine rings is 1. The van der Waals surface area contributed by atoms with E-state index >= 15 is 0 Å². The van der Waals surface area contributed by atoms with Crippen molar-refractivity contribution in [1.29, 1.82) is 0 Å². The summed E-state index contributed by atoms with van der Waals surface area (Å²) in [5, 5.41) is 3.37. The molecule has 160 valence electrons. The van der Waals surface area contributed by atoms with Gasteiger partial charge in [0.15, 0.2) is 0 Å². The first-order valence-corrected chi connectivity index (χ1v) is 10.5. The number of nitrogens with zero attached hydrogens (tertiary/aromatic N) is 2. The Bertz CT molecular complexity index is 991. The molecule has 1 aliphatic heterocycles. The van der Waals surface area contributed by atoms with Crippen LogP contribution in [0.15, 0.2) is 72.9 Å².